The second kappa shape index (κ2) is 7.48. The van der Waals surface area contributed by atoms with E-state index < -0.39 is 0 Å². The number of halogens is 1. The molecule has 0 saturated heterocycles. The first-order valence-corrected chi connectivity index (χ1v) is 7.80. The lowest BCUT2D eigenvalue weighted by Gasteiger charge is -2.14. The van der Waals surface area contributed by atoms with Gasteiger partial charge in [0.1, 0.15) is 11.6 Å². The molecule has 1 unspecified atom stereocenters. The second-order valence-electron chi connectivity index (χ2n) is 4.87. The first-order valence-electron chi connectivity index (χ1n) is 6.99. The highest BCUT2D eigenvalue weighted by Crippen LogP contribution is 2.33. The number of hydrogen-bond donors (Lipinski definition) is 1. The smallest absolute Gasteiger partial charge is 0.127 e. The molecule has 21 heavy (non-hydrogen) atoms. The molecule has 0 saturated carbocycles. The lowest BCUT2D eigenvalue weighted by Crippen LogP contribution is -2.22. The molecular formula is C17H20FNOS. The van der Waals surface area contributed by atoms with Gasteiger partial charge in [-0.3, -0.25) is 0 Å². The zero-order valence-corrected chi connectivity index (χ0v) is 13.1. The molecule has 2 N–H and O–H groups in total. The van der Waals surface area contributed by atoms with Crippen LogP contribution in [0.25, 0.3) is 0 Å². The van der Waals surface area contributed by atoms with E-state index in [-0.39, 0.29) is 11.9 Å². The van der Waals surface area contributed by atoms with Crippen LogP contribution in [0.5, 0.6) is 5.75 Å². The van der Waals surface area contributed by atoms with Crippen LogP contribution in [0.15, 0.2) is 52.3 Å². The summed E-state index contributed by atoms with van der Waals surface area (Å²) in [6.45, 7) is 2.01. The molecule has 2 aromatic carbocycles. The zero-order chi connectivity index (χ0) is 15.2. The van der Waals surface area contributed by atoms with Gasteiger partial charge in [0.15, 0.2) is 0 Å². The Hall–Kier alpha value is -1.52. The maximum Gasteiger partial charge on any atom is 0.127 e. The summed E-state index contributed by atoms with van der Waals surface area (Å²) in [5.74, 6) is 0.606. The summed E-state index contributed by atoms with van der Waals surface area (Å²) >= 11 is 1.53. The summed E-state index contributed by atoms with van der Waals surface area (Å²) in [5.41, 5.74) is 6.68. The van der Waals surface area contributed by atoms with Crippen molar-refractivity contribution in [2.45, 2.75) is 35.6 Å². The van der Waals surface area contributed by atoms with Gasteiger partial charge in [-0.1, -0.05) is 30.8 Å². The second-order valence-corrected chi connectivity index (χ2v) is 5.99. The van der Waals surface area contributed by atoms with Crippen molar-refractivity contribution < 1.29 is 9.13 Å². The third kappa shape index (κ3) is 4.22. The van der Waals surface area contributed by atoms with E-state index >= 15 is 0 Å². The average Bonchev–Trinajstić information content (AvgIpc) is 2.50. The fourth-order valence-corrected chi connectivity index (χ4v) is 3.06. The van der Waals surface area contributed by atoms with Crippen molar-refractivity contribution in [1.29, 1.82) is 0 Å². The molecule has 0 radical (unpaired) electrons. The molecule has 0 aromatic heterocycles. The van der Waals surface area contributed by atoms with Crippen molar-refractivity contribution in [3.05, 3.63) is 53.8 Å². The van der Waals surface area contributed by atoms with Gasteiger partial charge in [-0.25, -0.2) is 4.39 Å². The van der Waals surface area contributed by atoms with Gasteiger partial charge in [-0.15, -0.1) is 0 Å². The highest BCUT2D eigenvalue weighted by atomic mass is 32.2. The Morgan fingerprint density at radius 2 is 2.00 bits per heavy atom. The summed E-state index contributed by atoms with van der Waals surface area (Å²) in [6.07, 6.45) is 1.38. The van der Waals surface area contributed by atoms with Crippen molar-refractivity contribution in [2.75, 3.05) is 7.11 Å². The standard InChI is InChI=1S/C17H20FNOS/c1-3-12(19)10-15-16(18)8-5-9-17(15)21-14-7-4-6-13(11-14)20-2/h4-9,11-12H,3,10,19H2,1-2H3. The minimum atomic E-state index is -0.188. The van der Waals surface area contributed by atoms with Gasteiger partial charge in [0.05, 0.1) is 7.11 Å². The predicted molar refractivity (Wildman–Crippen MR) is 85.5 cm³/mol. The van der Waals surface area contributed by atoms with Gasteiger partial charge in [0, 0.05) is 21.4 Å². The molecule has 1 atom stereocenters. The van der Waals surface area contributed by atoms with Crippen molar-refractivity contribution >= 4 is 11.8 Å². The quantitative estimate of drug-likeness (QED) is 0.866. The minimum Gasteiger partial charge on any atom is -0.497 e. The molecule has 2 rings (SSSR count). The minimum absolute atomic E-state index is 0.0217. The van der Waals surface area contributed by atoms with Crippen molar-refractivity contribution in [3.63, 3.8) is 0 Å². The topological polar surface area (TPSA) is 35.2 Å². The van der Waals surface area contributed by atoms with Gasteiger partial charge in [-0.2, -0.15) is 0 Å². The maximum absolute atomic E-state index is 14.1. The van der Waals surface area contributed by atoms with Crippen LogP contribution in [0.2, 0.25) is 0 Å². The first-order chi connectivity index (χ1) is 10.1. The Bertz CT molecular complexity index is 603. The maximum atomic E-state index is 14.1. The first kappa shape index (κ1) is 15.9. The predicted octanol–water partition coefficient (Wildman–Crippen LogP) is 4.27. The van der Waals surface area contributed by atoms with E-state index in [1.807, 2.05) is 37.3 Å². The van der Waals surface area contributed by atoms with E-state index in [1.165, 1.54) is 17.8 Å². The number of nitrogens with two attached hydrogens (primary N) is 1. The van der Waals surface area contributed by atoms with Gasteiger partial charge in [0.2, 0.25) is 0 Å². The third-order valence-electron chi connectivity index (χ3n) is 3.34. The van der Waals surface area contributed by atoms with Gasteiger partial charge in [0.25, 0.3) is 0 Å². The van der Waals surface area contributed by atoms with Crippen LogP contribution in [0.4, 0.5) is 4.39 Å². The number of hydrogen-bond acceptors (Lipinski definition) is 3. The summed E-state index contributed by atoms with van der Waals surface area (Å²) in [5, 5.41) is 0. The molecule has 0 aliphatic rings. The van der Waals surface area contributed by atoms with Gasteiger partial charge >= 0.3 is 0 Å². The van der Waals surface area contributed by atoms with Crippen LogP contribution in [-0.2, 0) is 6.42 Å². The highest BCUT2D eigenvalue weighted by Gasteiger charge is 2.13. The fourth-order valence-electron chi connectivity index (χ4n) is 2.03. The Kier molecular flexibility index (Phi) is 5.65. The number of rotatable bonds is 6. The van der Waals surface area contributed by atoms with E-state index in [0.717, 1.165) is 22.0 Å². The SMILES string of the molecule is CCC(N)Cc1c(F)cccc1Sc1cccc(OC)c1. The third-order valence-corrected chi connectivity index (χ3v) is 4.43. The number of ether oxygens (including phenoxy) is 1. The van der Waals surface area contributed by atoms with Gasteiger partial charge < -0.3 is 10.5 Å². The average molecular weight is 305 g/mol. The van der Waals surface area contributed by atoms with Crippen LogP contribution >= 0.6 is 11.8 Å². The molecule has 0 heterocycles. The zero-order valence-electron chi connectivity index (χ0n) is 12.3. The normalized spacial score (nSPS) is 12.2. The molecule has 4 heteroatoms. The molecule has 0 bridgehead atoms. The molecule has 0 aliphatic heterocycles. The van der Waals surface area contributed by atoms with Crippen LogP contribution in [-0.4, -0.2) is 13.2 Å². The number of methoxy groups -OCH3 is 1. The number of benzene rings is 2. The summed E-state index contributed by atoms with van der Waals surface area (Å²) in [4.78, 5) is 1.93. The largest absolute Gasteiger partial charge is 0.497 e. The molecule has 0 amide bonds. The summed E-state index contributed by atoms with van der Waals surface area (Å²) in [7, 11) is 1.64. The van der Waals surface area contributed by atoms with E-state index in [0.29, 0.717) is 12.0 Å². The lowest BCUT2D eigenvalue weighted by molar-refractivity contribution is 0.413. The Balaban J connectivity index is 2.28. The summed E-state index contributed by atoms with van der Waals surface area (Å²) < 4.78 is 19.3. The monoisotopic (exact) mass is 305 g/mol. The van der Waals surface area contributed by atoms with E-state index in [1.54, 1.807) is 13.2 Å². The Labute approximate surface area is 129 Å². The van der Waals surface area contributed by atoms with Gasteiger partial charge in [-0.05, 0) is 43.2 Å². The fraction of sp³-hybridized carbons (Fsp3) is 0.294. The Morgan fingerprint density at radius 1 is 1.24 bits per heavy atom. The molecule has 2 aromatic rings. The molecule has 112 valence electrons. The summed E-state index contributed by atoms with van der Waals surface area (Å²) in [6, 6.07) is 12.9. The Morgan fingerprint density at radius 3 is 2.71 bits per heavy atom. The highest BCUT2D eigenvalue weighted by molar-refractivity contribution is 7.99. The molecule has 2 nitrogen and oxygen atoms in total. The van der Waals surface area contributed by atoms with Crippen molar-refractivity contribution in [1.82, 2.24) is 0 Å². The molecule has 0 spiro atoms. The van der Waals surface area contributed by atoms with E-state index in [9.17, 15) is 4.39 Å². The van der Waals surface area contributed by atoms with Crippen LogP contribution in [0.1, 0.15) is 18.9 Å². The van der Waals surface area contributed by atoms with Crippen LogP contribution < -0.4 is 10.5 Å². The molecular weight excluding hydrogens is 285 g/mol. The molecule has 0 fully saturated rings. The molecule has 0 aliphatic carbocycles. The van der Waals surface area contributed by atoms with Crippen molar-refractivity contribution in [3.8, 4) is 5.75 Å². The van der Waals surface area contributed by atoms with Crippen LogP contribution in [0.3, 0.4) is 0 Å². The van der Waals surface area contributed by atoms with E-state index in [2.05, 4.69) is 0 Å². The lowest BCUT2D eigenvalue weighted by atomic mass is 10.0. The van der Waals surface area contributed by atoms with Crippen LogP contribution in [0, 0.1) is 5.82 Å². The van der Waals surface area contributed by atoms with Crippen molar-refractivity contribution in [2.24, 2.45) is 5.73 Å². The van der Waals surface area contributed by atoms with E-state index in [4.69, 9.17) is 10.5 Å².